The molecule has 0 spiro atoms. The van der Waals surface area contributed by atoms with E-state index in [9.17, 15) is 9.59 Å². The number of hydrogen-bond acceptors (Lipinski definition) is 5. The van der Waals surface area contributed by atoms with Gasteiger partial charge in [0, 0.05) is 30.1 Å². The zero-order chi connectivity index (χ0) is 20.6. The van der Waals surface area contributed by atoms with Crippen molar-refractivity contribution in [1.29, 1.82) is 0 Å². The summed E-state index contributed by atoms with van der Waals surface area (Å²) in [5.41, 5.74) is 4.01. The van der Waals surface area contributed by atoms with Gasteiger partial charge in [-0.05, 0) is 49.2 Å². The predicted octanol–water partition coefficient (Wildman–Crippen LogP) is 2.71. The Labute approximate surface area is 170 Å². The molecule has 1 aliphatic rings. The summed E-state index contributed by atoms with van der Waals surface area (Å²) in [6.07, 6.45) is 2.79. The van der Waals surface area contributed by atoms with E-state index in [-0.39, 0.29) is 17.7 Å². The molecule has 3 rings (SSSR count). The monoisotopic (exact) mass is 395 g/mol. The van der Waals surface area contributed by atoms with Crippen molar-refractivity contribution in [3.05, 3.63) is 59.7 Å². The van der Waals surface area contributed by atoms with Crippen LogP contribution in [0.2, 0.25) is 0 Å². The molecule has 2 amide bonds. The Hall–Kier alpha value is -3.35. The lowest BCUT2D eigenvalue weighted by atomic mass is 9.95. The molecule has 0 atom stereocenters. The Bertz CT molecular complexity index is 872. The van der Waals surface area contributed by atoms with E-state index in [0.29, 0.717) is 43.0 Å². The minimum absolute atomic E-state index is 0.0271. The first-order valence-corrected chi connectivity index (χ1v) is 9.51. The summed E-state index contributed by atoms with van der Waals surface area (Å²) >= 11 is 0. The molecule has 7 heteroatoms. The molecule has 152 valence electrons. The number of ether oxygens (including phenoxy) is 2. The van der Waals surface area contributed by atoms with E-state index < -0.39 is 0 Å². The van der Waals surface area contributed by atoms with Crippen LogP contribution in [0, 0.1) is 5.92 Å². The lowest BCUT2D eigenvalue weighted by Crippen LogP contribution is -2.42. The van der Waals surface area contributed by atoms with Crippen molar-refractivity contribution in [1.82, 2.24) is 10.3 Å². The number of methoxy groups -OCH3 is 2. The number of carbonyl (C=O) groups is 2. The summed E-state index contributed by atoms with van der Waals surface area (Å²) in [5, 5.41) is 4.05. The number of benzene rings is 2. The molecule has 7 nitrogen and oxygen atoms in total. The minimum Gasteiger partial charge on any atom is -0.497 e. The average Bonchev–Trinajstić information content (AvgIpc) is 2.79. The van der Waals surface area contributed by atoms with Gasteiger partial charge in [-0.2, -0.15) is 5.10 Å². The maximum Gasteiger partial charge on any atom is 0.253 e. The first kappa shape index (κ1) is 20.4. The molecule has 2 aromatic rings. The molecule has 0 bridgehead atoms. The van der Waals surface area contributed by atoms with Crippen LogP contribution in [0.25, 0.3) is 0 Å². The molecule has 0 aromatic heterocycles. The van der Waals surface area contributed by atoms with Crippen LogP contribution in [0.1, 0.15) is 28.8 Å². The molecule has 1 N–H and O–H groups in total. The normalized spacial score (nSPS) is 14.6. The summed E-state index contributed by atoms with van der Waals surface area (Å²) in [4.78, 5) is 26.8. The smallest absolute Gasteiger partial charge is 0.253 e. The van der Waals surface area contributed by atoms with Crippen LogP contribution >= 0.6 is 0 Å². The fourth-order valence-corrected chi connectivity index (χ4v) is 3.29. The molecule has 1 aliphatic heterocycles. The highest BCUT2D eigenvalue weighted by atomic mass is 16.5. The van der Waals surface area contributed by atoms with E-state index in [1.54, 1.807) is 49.6 Å². The van der Waals surface area contributed by atoms with Gasteiger partial charge >= 0.3 is 0 Å². The SMILES string of the molecule is COc1ccc(C(=O)N2CCC(C(=O)N/N=C\c3ccccc3OC)CC2)cc1. The van der Waals surface area contributed by atoms with Gasteiger partial charge in [0.05, 0.1) is 20.4 Å². The van der Waals surface area contributed by atoms with Gasteiger partial charge in [0.25, 0.3) is 5.91 Å². The fraction of sp³-hybridized carbons (Fsp3) is 0.318. The Balaban J connectivity index is 1.50. The molecule has 0 aliphatic carbocycles. The third-order valence-electron chi connectivity index (χ3n) is 5.01. The number of nitrogens with one attached hydrogen (secondary N) is 1. The van der Waals surface area contributed by atoms with E-state index in [2.05, 4.69) is 10.5 Å². The molecular weight excluding hydrogens is 370 g/mol. The van der Waals surface area contributed by atoms with Crippen LogP contribution < -0.4 is 14.9 Å². The second-order valence-corrected chi connectivity index (χ2v) is 6.77. The lowest BCUT2D eigenvalue weighted by Gasteiger charge is -2.31. The van der Waals surface area contributed by atoms with Gasteiger partial charge in [0.15, 0.2) is 0 Å². The zero-order valence-electron chi connectivity index (χ0n) is 16.6. The highest BCUT2D eigenvalue weighted by Crippen LogP contribution is 2.20. The Morgan fingerprint density at radius 2 is 1.72 bits per heavy atom. The van der Waals surface area contributed by atoms with Crippen molar-refractivity contribution in [3.8, 4) is 11.5 Å². The molecule has 1 fully saturated rings. The van der Waals surface area contributed by atoms with E-state index in [0.717, 1.165) is 5.56 Å². The Morgan fingerprint density at radius 3 is 2.38 bits per heavy atom. The van der Waals surface area contributed by atoms with E-state index in [1.165, 1.54) is 0 Å². The minimum atomic E-state index is -0.162. The summed E-state index contributed by atoms with van der Waals surface area (Å²) < 4.78 is 10.4. The van der Waals surface area contributed by atoms with E-state index in [4.69, 9.17) is 9.47 Å². The highest BCUT2D eigenvalue weighted by Gasteiger charge is 2.27. The summed E-state index contributed by atoms with van der Waals surface area (Å²) in [5.74, 6) is 1.08. The number of hydrazone groups is 1. The maximum absolute atomic E-state index is 12.6. The lowest BCUT2D eigenvalue weighted by molar-refractivity contribution is -0.126. The number of piperidine rings is 1. The van der Waals surface area contributed by atoms with Gasteiger partial charge in [-0.15, -0.1) is 0 Å². The van der Waals surface area contributed by atoms with Gasteiger partial charge in [0.1, 0.15) is 11.5 Å². The van der Waals surface area contributed by atoms with Gasteiger partial charge < -0.3 is 14.4 Å². The van der Waals surface area contributed by atoms with Crippen LogP contribution in [-0.2, 0) is 4.79 Å². The Morgan fingerprint density at radius 1 is 1.03 bits per heavy atom. The van der Waals surface area contributed by atoms with Gasteiger partial charge in [0.2, 0.25) is 5.91 Å². The first-order valence-electron chi connectivity index (χ1n) is 9.51. The van der Waals surface area contributed by atoms with Gasteiger partial charge in [-0.3, -0.25) is 9.59 Å². The number of para-hydroxylation sites is 1. The first-order chi connectivity index (χ1) is 14.1. The van der Waals surface area contributed by atoms with E-state index >= 15 is 0 Å². The van der Waals surface area contributed by atoms with Crippen LogP contribution in [-0.4, -0.2) is 50.2 Å². The maximum atomic E-state index is 12.6. The number of carbonyl (C=O) groups excluding carboxylic acids is 2. The van der Waals surface area contributed by atoms with Crippen molar-refractivity contribution in [2.24, 2.45) is 11.0 Å². The van der Waals surface area contributed by atoms with Crippen molar-refractivity contribution in [2.75, 3.05) is 27.3 Å². The van der Waals surface area contributed by atoms with Crippen molar-refractivity contribution in [3.63, 3.8) is 0 Å². The van der Waals surface area contributed by atoms with Crippen LogP contribution in [0.3, 0.4) is 0 Å². The second kappa shape index (κ2) is 9.73. The topological polar surface area (TPSA) is 80.2 Å². The molecule has 0 unspecified atom stereocenters. The molecular formula is C22H25N3O4. The second-order valence-electron chi connectivity index (χ2n) is 6.77. The number of rotatable bonds is 6. The summed E-state index contributed by atoms with van der Waals surface area (Å²) in [7, 11) is 3.18. The average molecular weight is 395 g/mol. The third-order valence-corrected chi connectivity index (χ3v) is 5.01. The van der Waals surface area contributed by atoms with Crippen LogP contribution in [0.4, 0.5) is 0 Å². The van der Waals surface area contributed by atoms with Crippen molar-refractivity contribution in [2.45, 2.75) is 12.8 Å². The number of hydrogen-bond donors (Lipinski definition) is 1. The molecule has 0 radical (unpaired) electrons. The third kappa shape index (κ3) is 5.13. The predicted molar refractivity (Wildman–Crippen MR) is 110 cm³/mol. The number of likely N-dealkylation sites (tertiary alicyclic amines) is 1. The molecule has 1 saturated heterocycles. The van der Waals surface area contributed by atoms with Crippen molar-refractivity contribution < 1.29 is 19.1 Å². The highest BCUT2D eigenvalue weighted by molar-refractivity contribution is 5.94. The van der Waals surface area contributed by atoms with Crippen molar-refractivity contribution >= 4 is 18.0 Å². The summed E-state index contributed by atoms with van der Waals surface area (Å²) in [6, 6.07) is 14.5. The van der Waals surface area contributed by atoms with Gasteiger partial charge in [-0.1, -0.05) is 12.1 Å². The quantitative estimate of drug-likeness (QED) is 0.602. The standard InChI is InChI=1S/C22H25N3O4/c1-28-19-9-7-17(8-10-19)22(27)25-13-11-16(12-14-25)21(26)24-23-15-18-5-3-4-6-20(18)29-2/h3-10,15-16H,11-14H2,1-2H3,(H,24,26)/b23-15-. The molecule has 29 heavy (non-hydrogen) atoms. The molecule has 0 saturated carbocycles. The van der Waals surface area contributed by atoms with Crippen LogP contribution in [0.15, 0.2) is 53.6 Å². The van der Waals surface area contributed by atoms with Gasteiger partial charge in [-0.25, -0.2) is 5.43 Å². The van der Waals surface area contributed by atoms with E-state index in [1.807, 2.05) is 24.3 Å². The zero-order valence-corrected chi connectivity index (χ0v) is 16.6. The fourth-order valence-electron chi connectivity index (χ4n) is 3.29. The number of nitrogens with zero attached hydrogens (tertiary/aromatic N) is 2. The largest absolute Gasteiger partial charge is 0.497 e. The van der Waals surface area contributed by atoms with Crippen LogP contribution in [0.5, 0.6) is 11.5 Å². The number of amides is 2. The molecule has 1 heterocycles. The summed E-state index contributed by atoms with van der Waals surface area (Å²) in [6.45, 7) is 1.08. The molecule has 2 aromatic carbocycles. The Kier molecular flexibility index (Phi) is 6.84.